The van der Waals surface area contributed by atoms with Crippen LogP contribution in [-0.4, -0.2) is 17.0 Å². The quantitative estimate of drug-likeness (QED) is 0.783. The summed E-state index contributed by atoms with van der Waals surface area (Å²) >= 11 is 0. The Morgan fingerprint density at radius 2 is 2.19 bits per heavy atom. The highest BCUT2D eigenvalue weighted by Gasteiger charge is 2.32. The van der Waals surface area contributed by atoms with Gasteiger partial charge in [0.05, 0.1) is 12.1 Å². The summed E-state index contributed by atoms with van der Waals surface area (Å²) in [4.78, 5) is 2.24. The first kappa shape index (κ1) is 11.0. The molecule has 1 aromatic carbocycles. The zero-order valence-electron chi connectivity index (χ0n) is 9.56. The zero-order valence-corrected chi connectivity index (χ0v) is 9.56. The fourth-order valence-corrected chi connectivity index (χ4v) is 1.94. The van der Waals surface area contributed by atoms with E-state index in [-0.39, 0.29) is 6.04 Å². The average Bonchev–Trinajstić information content (AvgIpc) is 3.11. The molecule has 1 aromatic rings. The van der Waals surface area contributed by atoms with Crippen LogP contribution in [0.2, 0.25) is 0 Å². The van der Waals surface area contributed by atoms with Gasteiger partial charge in [-0.05, 0) is 31.4 Å². The summed E-state index contributed by atoms with van der Waals surface area (Å²) in [5.74, 6) is 0. The Labute approximate surface area is 96.5 Å². The SMILES string of the molecule is CC(C#N)N(Cc1ccccc1N)C1CC1. The molecule has 1 fully saturated rings. The van der Waals surface area contributed by atoms with Crippen molar-refractivity contribution < 1.29 is 0 Å². The fourth-order valence-electron chi connectivity index (χ4n) is 1.94. The van der Waals surface area contributed by atoms with Crippen LogP contribution in [0.15, 0.2) is 24.3 Å². The van der Waals surface area contributed by atoms with Crippen LogP contribution in [0.3, 0.4) is 0 Å². The Hall–Kier alpha value is -1.53. The number of nitrogen functional groups attached to an aromatic ring is 1. The Balaban J connectivity index is 2.12. The second kappa shape index (κ2) is 4.54. The van der Waals surface area contributed by atoms with E-state index >= 15 is 0 Å². The molecule has 2 rings (SSSR count). The summed E-state index contributed by atoms with van der Waals surface area (Å²) in [6.07, 6.45) is 2.41. The molecule has 0 heterocycles. The van der Waals surface area contributed by atoms with Gasteiger partial charge in [0, 0.05) is 18.3 Å². The maximum atomic E-state index is 9.01. The van der Waals surface area contributed by atoms with Gasteiger partial charge in [0.25, 0.3) is 0 Å². The Morgan fingerprint density at radius 3 is 2.75 bits per heavy atom. The molecular formula is C13H17N3. The minimum absolute atomic E-state index is 0.0351. The predicted octanol–water partition coefficient (Wildman–Crippen LogP) is 2.15. The van der Waals surface area contributed by atoms with E-state index < -0.39 is 0 Å². The Kier molecular flexibility index (Phi) is 3.12. The van der Waals surface area contributed by atoms with Crippen LogP contribution < -0.4 is 5.73 Å². The number of nitriles is 1. The van der Waals surface area contributed by atoms with Crippen LogP contribution in [0.4, 0.5) is 5.69 Å². The molecule has 84 valence electrons. The molecule has 3 heteroatoms. The summed E-state index contributed by atoms with van der Waals surface area (Å²) in [7, 11) is 0. The topological polar surface area (TPSA) is 53.0 Å². The van der Waals surface area contributed by atoms with E-state index in [1.807, 2.05) is 31.2 Å². The lowest BCUT2D eigenvalue weighted by molar-refractivity contribution is 0.226. The summed E-state index contributed by atoms with van der Waals surface area (Å²) in [6.45, 7) is 2.74. The van der Waals surface area contributed by atoms with Gasteiger partial charge in [0.1, 0.15) is 0 Å². The lowest BCUT2D eigenvalue weighted by Crippen LogP contribution is -2.33. The van der Waals surface area contributed by atoms with Crippen molar-refractivity contribution in [3.8, 4) is 6.07 Å². The van der Waals surface area contributed by atoms with E-state index in [0.29, 0.717) is 6.04 Å². The molecule has 1 saturated carbocycles. The first-order chi connectivity index (χ1) is 7.72. The molecule has 1 unspecified atom stereocenters. The first-order valence-corrected chi connectivity index (χ1v) is 5.71. The molecule has 0 amide bonds. The van der Waals surface area contributed by atoms with Crippen molar-refractivity contribution >= 4 is 5.69 Å². The van der Waals surface area contributed by atoms with Gasteiger partial charge in [-0.15, -0.1) is 0 Å². The maximum Gasteiger partial charge on any atom is 0.0954 e. The Bertz CT molecular complexity index is 404. The number of hydrogen-bond acceptors (Lipinski definition) is 3. The monoisotopic (exact) mass is 215 g/mol. The molecule has 0 aromatic heterocycles. The van der Waals surface area contributed by atoms with Crippen molar-refractivity contribution in [3.63, 3.8) is 0 Å². The fraction of sp³-hybridized carbons (Fsp3) is 0.462. The normalized spacial score (nSPS) is 17.1. The summed E-state index contributed by atoms with van der Waals surface area (Å²) in [5, 5.41) is 9.01. The highest BCUT2D eigenvalue weighted by molar-refractivity contribution is 5.46. The molecule has 0 radical (unpaired) electrons. The molecule has 0 saturated heterocycles. The lowest BCUT2D eigenvalue weighted by atomic mass is 10.1. The molecule has 0 aliphatic heterocycles. The Morgan fingerprint density at radius 1 is 1.50 bits per heavy atom. The van der Waals surface area contributed by atoms with Crippen molar-refractivity contribution in [2.24, 2.45) is 0 Å². The van der Waals surface area contributed by atoms with Crippen LogP contribution in [0.1, 0.15) is 25.3 Å². The van der Waals surface area contributed by atoms with E-state index in [4.69, 9.17) is 11.0 Å². The van der Waals surface area contributed by atoms with E-state index in [1.54, 1.807) is 0 Å². The molecule has 1 atom stereocenters. The number of nitrogens with two attached hydrogens (primary N) is 1. The summed E-state index contributed by atoms with van der Waals surface area (Å²) in [6, 6.07) is 10.7. The van der Waals surface area contributed by atoms with Crippen LogP contribution in [0, 0.1) is 11.3 Å². The molecule has 0 bridgehead atoms. The standard InChI is InChI=1S/C13H17N3/c1-10(8-14)16(12-6-7-12)9-11-4-2-3-5-13(11)15/h2-5,10,12H,6-7,9,15H2,1H3. The van der Waals surface area contributed by atoms with E-state index in [2.05, 4.69) is 11.0 Å². The van der Waals surface area contributed by atoms with Crippen molar-refractivity contribution in [1.29, 1.82) is 5.26 Å². The van der Waals surface area contributed by atoms with Crippen molar-refractivity contribution in [2.75, 3.05) is 5.73 Å². The van der Waals surface area contributed by atoms with Gasteiger partial charge in [-0.3, -0.25) is 4.90 Å². The average molecular weight is 215 g/mol. The van der Waals surface area contributed by atoms with Crippen molar-refractivity contribution in [3.05, 3.63) is 29.8 Å². The van der Waals surface area contributed by atoms with Gasteiger partial charge < -0.3 is 5.73 Å². The minimum Gasteiger partial charge on any atom is -0.398 e. The van der Waals surface area contributed by atoms with Gasteiger partial charge in [0.15, 0.2) is 0 Å². The molecule has 1 aliphatic rings. The number of para-hydroxylation sites is 1. The molecule has 16 heavy (non-hydrogen) atoms. The second-order valence-corrected chi connectivity index (χ2v) is 4.41. The summed E-state index contributed by atoms with van der Waals surface area (Å²) < 4.78 is 0. The molecule has 0 spiro atoms. The van der Waals surface area contributed by atoms with Gasteiger partial charge in [-0.25, -0.2) is 0 Å². The van der Waals surface area contributed by atoms with Gasteiger partial charge >= 0.3 is 0 Å². The predicted molar refractivity (Wildman–Crippen MR) is 64.5 cm³/mol. The highest BCUT2D eigenvalue weighted by atomic mass is 15.2. The minimum atomic E-state index is -0.0351. The van der Waals surface area contributed by atoms with Crippen LogP contribution in [0.25, 0.3) is 0 Å². The van der Waals surface area contributed by atoms with E-state index in [0.717, 1.165) is 17.8 Å². The number of hydrogen-bond donors (Lipinski definition) is 1. The van der Waals surface area contributed by atoms with Crippen LogP contribution >= 0.6 is 0 Å². The maximum absolute atomic E-state index is 9.01. The van der Waals surface area contributed by atoms with E-state index in [9.17, 15) is 0 Å². The number of nitrogens with zero attached hydrogens (tertiary/aromatic N) is 2. The lowest BCUT2D eigenvalue weighted by Gasteiger charge is -2.24. The first-order valence-electron chi connectivity index (χ1n) is 5.71. The summed E-state index contributed by atoms with van der Waals surface area (Å²) in [5.41, 5.74) is 7.86. The van der Waals surface area contributed by atoms with Gasteiger partial charge in [0.2, 0.25) is 0 Å². The van der Waals surface area contributed by atoms with Crippen LogP contribution in [0.5, 0.6) is 0 Å². The van der Waals surface area contributed by atoms with Gasteiger partial charge in [-0.2, -0.15) is 5.26 Å². The number of rotatable bonds is 4. The third-order valence-corrected chi connectivity index (χ3v) is 3.11. The molecule has 1 aliphatic carbocycles. The third kappa shape index (κ3) is 2.34. The third-order valence-electron chi connectivity index (χ3n) is 3.11. The van der Waals surface area contributed by atoms with Gasteiger partial charge in [-0.1, -0.05) is 18.2 Å². The van der Waals surface area contributed by atoms with E-state index in [1.165, 1.54) is 12.8 Å². The van der Waals surface area contributed by atoms with Crippen molar-refractivity contribution in [2.45, 2.75) is 38.4 Å². The van der Waals surface area contributed by atoms with Crippen LogP contribution in [-0.2, 0) is 6.54 Å². The molecule has 2 N–H and O–H groups in total. The highest BCUT2D eigenvalue weighted by Crippen LogP contribution is 2.30. The zero-order chi connectivity index (χ0) is 11.5. The second-order valence-electron chi connectivity index (χ2n) is 4.41. The number of anilines is 1. The van der Waals surface area contributed by atoms with Crippen molar-refractivity contribution in [1.82, 2.24) is 4.90 Å². The largest absolute Gasteiger partial charge is 0.398 e. The molecular weight excluding hydrogens is 198 g/mol. The number of benzene rings is 1. The molecule has 3 nitrogen and oxygen atoms in total. The smallest absolute Gasteiger partial charge is 0.0954 e.